The summed E-state index contributed by atoms with van der Waals surface area (Å²) in [6.07, 6.45) is 1.40. The van der Waals surface area contributed by atoms with Gasteiger partial charge in [0.25, 0.3) is 5.91 Å². The Labute approximate surface area is 166 Å². The number of carbonyl (C=O) groups is 2. The second kappa shape index (κ2) is 9.80. The second-order valence-electron chi connectivity index (χ2n) is 5.56. The fourth-order valence-corrected chi connectivity index (χ4v) is 3.41. The molecule has 0 aliphatic rings. The molecule has 0 unspecified atom stereocenters. The number of esters is 1. The molecule has 1 amide bonds. The third-order valence-electron chi connectivity index (χ3n) is 3.34. The topological polar surface area (TPSA) is 125 Å². The normalized spacial score (nSPS) is 11.1. The Hall–Kier alpha value is -3.00. The summed E-state index contributed by atoms with van der Waals surface area (Å²) in [5.41, 5.74) is 2.05. The highest BCUT2D eigenvalue weighted by molar-refractivity contribution is 7.92. The van der Waals surface area contributed by atoms with Crippen molar-refractivity contribution in [2.24, 2.45) is 0 Å². The molecule has 0 saturated heterocycles. The molecule has 2 N–H and O–H groups in total. The van der Waals surface area contributed by atoms with Crippen LogP contribution in [0.1, 0.15) is 16.7 Å². The summed E-state index contributed by atoms with van der Waals surface area (Å²) >= 11 is 1.16. The maximum Gasteiger partial charge on any atom is 0.321 e. The van der Waals surface area contributed by atoms with Crippen molar-refractivity contribution in [1.29, 1.82) is 5.26 Å². The first-order valence-corrected chi connectivity index (χ1v) is 10.4. The van der Waals surface area contributed by atoms with Gasteiger partial charge in [0.1, 0.15) is 17.6 Å². The summed E-state index contributed by atoms with van der Waals surface area (Å²) in [6.45, 7) is 0.708. The number of anilines is 1. The van der Waals surface area contributed by atoms with Crippen LogP contribution < -0.4 is 10.0 Å². The van der Waals surface area contributed by atoms with Gasteiger partial charge in [-0.1, -0.05) is 29.8 Å². The van der Waals surface area contributed by atoms with Gasteiger partial charge in [0, 0.05) is 5.41 Å². The molecule has 0 spiro atoms. The molecule has 0 atom stereocenters. The number of nitriles is 1. The van der Waals surface area contributed by atoms with Crippen LogP contribution in [0, 0.1) is 18.3 Å². The highest BCUT2D eigenvalue weighted by atomic mass is 32.2. The molecule has 1 aromatic carbocycles. The minimum atomic E-state index is -3.84. The minimum absolute atomic E-state index is 0.304. The summed E-state index contributed by atoms with van der Waals surface area (Å²) in [5.74, 6) is -1.54. The molecule has 2 rings (SSSR count). The van der Waals surface area contributed by atoms with Crippen molar-refractivity contribution in [1.82, 2.24) is 4.72 Å². The lowest BCUT2D eigenvalue weighted by atomic mass is 10.2. The Balaban J connectivity index is 1.77. The third kappa shape index (κ3) is 6.96. The van der Waals surface area contributed by atoms with E-state index in [1.165, 1.54) is 6.08 Å². The van der Waals surface area contributed by atoms with Gasteiger partial charge in [-0.25, -0.2) is 13.1 Å². The SMILES string of the molecule is Cc1ccc(C=CS(=O)(=O)NCC(=O)OCC(=O)Nc2sccc2C#N)cc1. The number of benzene rings is 1. The number of nitrogens with zero attached hydrogens (tertiary/aromatic N) is 1. The number of ether oxygens (including phenoxy) is 1. The molecular weight excluding hydrogens is 402 g/mol. The van der Waals surface area contributed by atoms with Crippen molar-refractivity contribution in [2.75, 3.05) is 18.5 Å². The lowest BCUT2D eigenvalue weighted by Gasteiger charge is -2.06. The third-order valence-corrected chi connectivity index (χ3v) is 5.21. The number of aryl methyl sites for hydroxylation is 1. The van der Waals surface area contributed by atoms with E-state index in [4.69, 9.17) is 10.00 Å². The fourth-order valence-electron chi connectivity index (χ4n) is 1.91. The van der Waals surface area contributed by atoms with E-state index >= 15 is 0 Å². The number of nitrogens with one attached hydrogen (secondary N) is 2. The van der Waals surface area contributed by atoms with E-state index in [-0.39, 0.29) is 0 Å². The van der Waals surface area contributed by atoms with Gasteiger partial charge in [0.05, 0.1) is 5.56 Å². The molecule has 2 aromatic rings. The molecule has 146 valence electrons. The van der Waals surface area contributed by atoms with E-state index in [1.54, 1.807) is 23.6 Å². The molecule has 8 nitrogen and oxygen atoms in total. The zero-order valence-electron chi connectivity index (χ0n) is 14.8. The summed E-state index contributed by atoms with van der Waals surface area (Å²) in [7, 11) is -3.84. The number of sulfonamides is 1. The molecule has 0 saturated carbocycles. The monoisotopic (exact) mass is 419 g/mol. The summed E-state index contributed by atoms with van der Waals surface area (Å²) in [6, 6.07) is 10.7. The van der Waals surface area contributed by atoms with Crippen LogP contribution in [0.4, 0.5) is 5.00 Å². The molecular formula is C18H17N3O5S2. The number of thiophene rings is 1. The lowest BCUT2D eigenvalue weighted by Crippen LogP contribution is -2.31. The zero-order valence-corrected chi connectivity index (χ0v) is 16.5. The van der Waals surface area contributed by atoms with Gasteiger partial charge < -0.3 is 10.1 Å². The maximum atomic E-state index is 11.9. The van der Waals surface area contributed by atoms with Crippen molar-refractivity contribution in [3.8, 4) is 6.07 Å². The average Bonchev–Trinajstić information content (AvgIpc) is 3.11. The van der Waals surface area contributed by atoms with Crippen LogP contribution in [0.5, 0.6) is 0 Å². The van der Waals surface area contributed by atoms with Crippen molar-refractivity contribution in [2.45, 2.75) is 6.92 Å². The molecule has 0 aliphatic heterocycles. The molecule has 28 heavy (non-hydrogen) atoms. The van der Waals surface area contributed by atoms with Crippen LogP contribution in [-0.4, -0.2) is 33.4 Å². The van der Waals surface area contributed by atoms with Crippen molar-refractivity contribution in [3.05, 3.63) is 57.8 Å². The van der Waals surface area contributed by atoms with E-state index in [1.807, 2.05) is 25.1 Å². The van der Waals surface area contributed by atoms with Gasteiger partial charge in [0.2, 0.25) is 10.0 Å². The van der Waals surface area contributed by atoms with Crippen LogP contribution >= 0.6 is 11.3 Å². The van der Waals surface area contributed by atoms with Crippen LogP contribution in [0.2, 0.25) is 0 Å². The average molecular weight is 419 g/mol. The van der Waals surface area contributed by atoms with E-state index < -0.39 is 35.1 Å². The Bertz CT molecular complexity index is 1020. The first-order chi connectivity index (χ1) is 13.3. The Morgan fingerprint density at radius 3 is 2.64 bits per heavy atom. The van der Waals surface area contributed by atoms with Crippen LogP contribution in [-0.2, 0) is 24.3 Å². The summed E-state index contributed by atoms with van der Waals surface area (Å²) in [4.78, 5) is 23.4. The highest BCUT2D eigenvalue weighted by Crippen LogP contribution is 2.21. The highest BCUT2D eigenvalue weighted by Gasteiger charge is 2.13. The molecule has 1 heterocycles. The molecule has 1 aromatic heterocycles. The number of rotatable bonds is 8. The molecule has 10 heteroatoms. The van der Waals surface area contributed by atoms with Crippen LogP contribution in [0.3, 0.4) is 0 Å². The van der Waals surface area contributed by atoms with E-state index in [2.05, 4.69) is 10.0 Å². The van der Waals surface area contributed by atoms with Crippen molar-refractivity contribution < 1.29 is 22.7 Å². The summed E-state index contributed by atoms with van der Waals surface area (Å²) < 4.78 is 30.5. The molecule has 0 fully saturated rings. The van der Waals surface area contributed by atoms with Gasteiger partial charge in [-0.2, -0.15) is 5.26 Å². The zero-order chi connectivity index (χ0) is 20.6. The maximum absolute atomic E-state index is 11.9. The second-order valence-corrected chi connectivity index (χ2v) is 8.13. The Morgan fingerprint density at radius 2 is 1.96 bits per heavy atom. The van der Waals surface area contributed by atoms with Crippen molar-refractivity contribution >= 4 is 44.3 Å². The van der Waals surface area contributed by atoms with Crippen LogP contribution in [0.15, 0.2) is 41.1 Å². The predicted molar refractivity (Wildman–Crippen MR) is 106 cm³/mol. The minimum Gasteiger partial charge on any atom is -0.455 e. The molecule has 0 aliphatic carbocycles. The Morgan fingerprint density at radius 1 is 1.25 bits per heavy atom. The smallest absolute Gasteiger partial charge is 0.321 e. The largest absolute Gasteiger partial charge is 0.455 e. The fraction of sp³-hybridized carbons (Fsp3) is 0.167. The number of amides is 1. The van der Waals surface area contributed by atoms with E-state index in [0.717, 1.165) is 22.3 Å². The van der Waals surface area contributed by atoms with Crippen molar-refractivity contribution in [3.63, 3.8) is 0 Å². The van der Waals surface area contributed by atoms with Gasteiger partial charge in [-0.3, -0.25) is 9.59 Å². The van der Waals surface area contributed by atoms with E-state index in [9.17, 15) is 18.0 Å². The summed E-state index contributed by atoms with van der Waals surface area (Å²) in [5, 5.41) is 14.2. The first kappa shape index (κ1) is 21.3. The predicted octanol–water partition coefficient (Wildman–Crippen LogP) is 2.00. The lowest BCUT2D eigenvalue weighted by molar-refractivity contribution is -0.146. The first-order valence-electron chi connectivity index (χ1n) is 7.96. The molecule has 0 radical (unpaired) electrons. The van der Waals surface area contributed by atoms with Gasteiger partial charge in [-0.15, -0.1) is 11.3 Å². The number of carbonyl (C=O) groups excluding carboxylic acids is 2. The number of hydrogen-bond acceptors (Lipinski definition) is 7. The van der Waals surface area contributed by atoms with Gasteiger partial charge in [-0.05, 0) is 30.0 Å². The van der Waals surface area contributed by atoms with E-state index in [0.29, 0.717) is 16.1 Å². The quantitative estimate of drug-likeness (QED) is 0.631. The number of hydrogen-bond donors (Lipinski definition) is 2. The molecule has 0 bridgehead atoms. The van der Waals surface area contributed by atoms with Gasteiger partial charge >= 0.3 is 5.97 Å². The van der Waals surface area contributed by atoms with Gasteiger partial charge in [0.15, 0.2) is 6.61 Å². The Kier molecular flexibility index (Phi) is 7.45. The van der Waals surface area contributed by atoms with Crippen LogP contribution in [0.25, 0.3) is 6.08 Å². The standard InChI is InChI=1S/C18H17N3O5S2/c1-13-2-4-14(5-3-13)7-9-28(24,25)20-11-17(23)26-12-16(22)21-18-15(10-19)6-8-27-18/h2-9,20H,11-12H2,1H3,(H,21,22).